The maximum atomic E-state index is 11.8. The number of benzene rings is 3. The molecular weight excluding hydrogens is 370 g/mol. The molecule has 0 aliphatic carbocycles. The second kappa shape index (κ2) is 8.29. The van der Waals surface area contributed by atoms with Gasteiger partial charge < -0.3 is 4.74 Å². The number of non-ortho nitro benzene ring substituents is 1. The lowest BCUT2D eigenvalue weighted by atomic mass is 10.1. The third-order valence-corrected chi connectivity index (χ3v) is 4.02. The van der Waals surface area contributed by atoms with Crippen LogP contribution in [0, 0.1) is 10.1 Å². The predicted molar refractivity (Wildman–Crippen MR) is 103 cm³/mol. The average molecular weight is 384 g/mol. The fourth-order valence-electron chi connectivity index (χ4n) is 2.36. The van der Waals surface area contributed by atoms with Gasteiger partial charge in [0, 0.05) is 22.7 Å². The van der Waals surface area contributed by atoms with Crippen molar-refractivity contribution in [3.05, 3.63) is 81.4 Å². The number of hydrogen-bond acceptors (Lipinski definition) is 5. The highest BCUT2D eigenvalue weighted by Gasteiger charge is 2.08. The first kappa shape index (κ1) is 18.3. The lowest BCUT2D eigenvalue weighted by molar-refractivity contribution is -0.384. The van der Waals surface area contributed by atoms with E-state index in [4.69, 9.17) is 16.3 Å². The number of hydrogen-bond donors (Lipinski definition) is 1. The summed E-state index contributed by atoms with van der Waals surface area (Å²) in [5.41, 5.74) is 2.49. The van der Waals surface area contributed by atoms with Gasteiger partial charge in [0.15, 0.2) is 6.61 Å². The number of carbonyl (C=O) groups is 1. The molecule has 0 saturated heterocycles. The Balaban J connectivity index is 1.57. The zero-order valence-corrected chi connectivity index (χ0v) is 14.7. The Hall–Kier alpha value is -3.45. The Labute approximate surface area is 159 Å². The predicted octanol–water partition coefficient (Wildman–Crippen LogP) is 3.93. The number of ether oxygens (including phenoxy) is 1. The highest BCUT2D eigenvalue weighted by Crippen LogP contribution is 2.21. The van der Waals surface area contributed by atoms with Gasteiger partial charge in [-0.3, -0.25) is 14.9 Å². The summed E-state index contributed by atoms with van der Waals surface area (Å²) in [5, 5.41) is 16.9. The summed E-state index contributed by atoms with van der Waals surface area (Å²) in [7, 11) is 0. The molecule has 0 fully saturated rings. The Kier molecular flexibility index (Phi) is 5.63. The number of carbonyl (C=O) groups excluding carboxylic acids is 1. The number of fused-ring (bicyclic) bond motifs is 1. The molecule has 7 nitrogen and oxygen atoms in total. The average Bonchev–Trinajstić information content (AvgIpc) is 2.67. The number of halogens is 1. The number of nitrogens with zero attached hydrogens (tertiary/aromatic N) is 2. The third-order valence-electron chi connectivity index (χ3n) is 3.67. The van der Waals surface area contributed by atoms with Crippen LogP contribution in [0.25, 0.3) is 10.8 Å². The largest absolute Gasteiger partial charge is 0.484 e. The fourth-order valence-corrected chi connectivity index (χ4v) is 2.52. The van der Waals surface area contributed by atoms with E-state index < -0.39 is 10.8 Å². The molecule has 0 spiro atoms. The molecule has 0 atom stereocenters. The van der Waals surface area contributed by atoms with E-state index >= 15 is 0 Å². The third kappa shape index (κ3) is 4.80. The molecule has 1 amide bonds. The molecular formula is C19H14ClN3O4. The van der Waals surface area contributed by atoms with E-state index in [9.17, 15) is 14.9 Å². The first-order valence-electron chi connectivity index (χ1n) is 7.90. The van der Waals surface area contributed by atoms with E-state index in [0.29, 0.717) is 11.3 Å². The van der Waals surface area contributed by atoms with E-state index in [1.807, 2.05) is 36.4 Å². The standard InChI is InChI=1S/C19H14ClN3O4/c20-18-8-6-16(23(25)26)9-15(18)11-21-22-19(24)12-27-17-7-5-13-3-1-2-4-14(13)10-17/h1-11H,12H2,(H,22,24)/b21-11-. The van der Waals surface area contributed by atoms with Gasteiger partial charge in [-0.2, -0.15) is 5.10 Å². The lowest BCUT2D eigenvalue weighted by Crippen LogP contribution is -2.24. The summed E-state index contributed by atoms with van der Waals surface area (Å²) in [5.74, 6) is 0.0931. The lowest BCUT2D eigenvalue weighted by Gasteiger charge is -2.06. The number of amides is 1. The maximum absolute atomic E-state index is 11.8. The van der Waals surface area contributed by atoms with Crippen LogP contribution in [-0.4, -0.2) is 23.7 Å². The van der Waals surface area contributed by atoms with E-state index in [-0.39, 0.29) is 17.3 Å². The van der Waals surface area contributed by atoms with Gasteiger partial charge in [-0.25, -0.2) is 5.43 Å². The van der Waals surface area contributed by atoms with Crippen molar-refractivity contribution in [3.8, 4) is 5.75 Å². The van der Waals surface area contributed by atoms with Crippen LogP contribution in [0.15, 0.2) is 65.8 Å². The Morgan fingerprint density at radius 3 is 2.70 bits per heavy atom. The van der Waals surface area contributed by atoms with Crippen LogP contribution in [0.5, 0.6) is 5.75 Å². The summed E-state index contributed by atoms with van der Waals surface area (Å²) >= 11 is 5.95. The number of hydrazone groups is 1. The van der Waals surface area contributed by atoms with Gasteiger partial charge in [0.05, 0.1) is 11.1 Å². The van der Waals surface area contributed by atoms with Crippen LogP contribution in [0.3, 0.4) is 0 Å². The molecule has 8 heteroatoms. The van der Waals surface area contributed by atoms with Gasteiger partial charge >= 0.3 is 0 Å². The zero-order valence-electron chi connectivity index (χ0n) is 14.0. The highest BCUT2D eigenvalue weighted by molar-refractivity contribution is 6.33. The number of nitrogens with one attached hydrogen (secondary N) is 1. The van der Waals surface area contributed by atoms with Crippen molar-refractivity contribution < 1.29 is 14.5 Å². The topological polar surface area (TPSA) is 93.8 Å². The van der Waals surface area contributed by atoms with Crippen LogP contribution in [0.1, 0.15) is 5.56 Å². The summed E-state index contributed by atoms with van der Waals surface area (Å²) < 4.78 is 5.45. The Morgan fingerprint density at radius 1 is 1.15 bits per heavy atom. The second-order valence-electron chi connectivity index (χ2n) is 5.55. The minimum atomic E-state index is -0.538. The SMILES string of the molecule is O=C(COc1ccc2ccccc2c1)N/N=C\c1cc([N+](=O)[O-])ccc1Cl. The van der Waals surface area contributed by atoms with Crippen molar-refractivity contribution in [2.75, 3.05) is 6.61 Å². The molecule has 3 rings (SSSR count). The monoisotopic (exact) mass is 383 g/mol. The second-order valence-corrected chi connectivity index (χ2v) is 5.96. The molecule has 3 aromatic carbocycles. The van der Waals surface area contributed by atoms with Crippen LogP contribution in [-0.2, 0) is 4.79 Å². The van der Waals surface area contributed by atoms with Gasteiger partial charge in [0.1, 0.15) is 5.75 Å². The van der Waals surface area contributed by atoms with Crippen molar-refractivity contribution in [1.82, 2.24) is 5.43 Å². The minimum Gasteiger partial charge on any atom is -0.484 e. The Morgan fingerprint density at radius 2 is 1.93 bits per heavy atom. The molecule has 0 saturated carbocycles. The van der Waals surface area contributed by atoms with Crippen LogP contribution in [0.2, 0.25) is 5.02 Å². The van der Waals surface area contributed by atoms with E-state index in [2.05, 4.69) is 10.5 Å². The summed E-state index contributed by atoms with van der Waals surface area (Å²) in [6, 6.07) is 17.3. The van der Waals surface area contributed by atoms with Crippen molar-refractivity contribution in [1.29, 1.82) is 0 Å². The minimum absolute atomic E-state index is 0.119. The van der Waals surface area contributed by atoms with Crippen LogP contribution in [0.4, 0.5) is 5.69 Å². The van der Waals surface area contributed by atoms with Gasteiger partial charge in [-0.1, -0.05) is 41.9 Å². The smallest absolute Gasteiger partial charge is 0.277 e. The summed E-state index contributed by atoms with van der Waals surface area (Å²) in [4.78, 5) is 22.1. The van der Waals surface area contributed by atoms with Gasteiger partial charge in [0.2, 0.25) is 0 Å². The molecule has 136 valence electrons. The quantitative estimate of drug-likeness (QED) is 0.396. The molecule has 0 unspecified atom stereocenters. The molecule has 0 radical (unpaired) electrons. The summed E-state index contributed by atoms with van der Waals surface area (Å²) in [6.07, 6.45) is 1.24. The number of nitro groups is 1. The van der Waals surface area contributed by atoms with Crippen molar-refractivity contribution in [3.63, 3.8) is 0 Å². The van der Waals surface area contributed by atoms with Crippen molar-refractivity contribution >= 4 is 40.2 Å². The first-order valence-corrected chi connectivity index (χ1v) is 8.28. The van der Waals surface area contributed by atoms with Gasteiger partial charge in [-0.05, 0) is 29.0 Å². The Bertz CT molecular complexity index is 1040. The van der Waals surface area contributed by atoms with Gasteiger partial charge in [-0.15, -0.1) is 0 Å². The van der Waals surface area contributed by atoms with Crippen LogP contribution >= 0.6 is 11.6 Å². The first-order chi connectivity index (χ1) is 13.0. The van der Waals surface area contributed by atoms with E-state index in [0.717, 1.165) is 10.8 Å². The normalized spacial score (nSPS) is 10.9. The molecule has 3 aromatic rings. The highest BCUT2D eigenvalue weighted by atomic mass is 35.5. The van der Waals surface area contributed by atoms with Crippen LogP contribution < -0.4 is 10.2 Å². The zero-order chi connectivity index (χ0) is 19.2. The van der Waals surface area contributed by atoms with Crippen molar-refractivity contribution in [2.24, 2.45) is 5.10 Å². The van der Waals surface area contributed by atoms with Crippen molar-refractivity contribution in [2.45, 2.75) is 0 Å². The maximum Gasteiger partial charge on any atom is 0.277 e. The molecule has 1 N–H and O–H groups in total. The molecule has 0 aliphatic heterocycles. The molecule has 0 bridgehead atoms. The fraction of sp³-hybridized carbons (Fsp3) is 0.0526. The molecule has 0 aromatic heterocycles. The molecule has 27 heavy (non-hydrogen) atoms. The van der Waals surface area contributed by atoms with E-state index in [1.54, 1.807) is 6.07 Å². The molecule has 0 heterocycles. The van der Waals surface area contributed by atoms with Gasteiger partial charge in [0.25, 0.3) is 11.6 Å². The number of nitro benzene ring substituents is 1. The summed E-state index contributed by atoms with van der Waals surface area (Å²) in [6.45, 7) is -0.224. The molecule has 0 aliphatic rings. The number of rotatable bonds is 6. The van der Waals surface area contributed by atoms with E-state index in [1.165, 1.54) is 24.4 Å².